The number of ether oxygens (including phenoxy) is 1. The van der Waals surface area contributed by atoms with Gasteiger partial charge in [-0.05, 0) is 12.1 Å². The number of nitrogens with zero attached hydrogens (tertiary/aromatic N) is 1. The SMILES string of the molecule is COc1ccc2c(C(=O)O)c(Cl)n(C)c2c1. The number of fused-ring (bicyclic) bond motifs is 1. The molecule has 1 N–H and O–H groups in total. The van der Waals surface area contributed by atoms with E-state index in [-0.39, 0.29) is 10.7 Å². The van der Waals surface area contributed by atoms with E-state index in [1.165, 1.54) is 0 Å². The van der Waals surface area contributed by atoms with E-state index in [9.17, 15) is 4.79 Å². The molecule has 2 aromatic rings. The summed E-state index contributed by atoms with van der Waals surface area (Å²) < 4.78 is 6.71. The van der Waals surface area contributed by atoms with Crippen LogP contribution in [0.15, 0.2) is 18.2 Å². The first-order valence-electron chi connectivity index (χ1n) is 4.61. The Morgan fingerprint density at radius 3 is 2.75 bits per heavy atom. The average molecular weight is 240 g/mol. The highest BCUT2D eigenvalue weighted by molar-refractivity contribution is 6.35. The van der Waals surface area contributed by atoms with Crippen LogP contribution < -0.4 is 4.74 Å². The van der Waals surface area contributed by atoms with Gasteiger partial charge in [0.25, 0.3) is 0 Å². The molecule has 0 aliphatic heterocycles. The molecule has 1 heterocycles. The minimum Gasteiger partial charge on any atom is -0.497 e. The smallest absolute Gasteiger partial charge is 0.339 e. The average Bonchev–Trinajstić information content (AvgIpc) is 2.51. The van der Waals surface area contributed by atoms with Gasteiger partial charge in [-0.3, -0.25) is 0 Å². The molecule has 5 heteroatoms. The number of aromatic carboxylic acids is 1. The fourth-order valence-corrected chi connectivity index (χ4v) is 1.99. The van der Waals surface area contributed by atoms with Crippen LogP contribution in [0.5, 0.6) is 5.75 Å². The zero-order chi connectivity index (χ0) is 11.9. The number of carbonyl (C=O) groups is 1. The first-order chi connectivity index (χ1) is 7.56. The van der Waals surface area contributed by atoms with E-state index in [1.807, 2.05) is 0 Å². The highest BCUT2D eigenvalue weighted by atomic mass is 35.5. The Morgan fingerprint density at radius 1 is 1.50 bits per heavy atom. The van der Waals surface area contributed by atoms with Crippen molar-refractivity contribution in [3.05, 3.63) is 28.9 Å². The number of rotatable bonds is 2. The maximum atomic E-state index is 11.1. The van der Waals surface area contributed by atoms with Crippen LogP contribution >= 0.6 is 11.6 Å². The standard InChI is InChI=1S/C11H10ClNO3/c1-13-8-5-6(16-2)3-4-7(8)9(10(13)12)11(14)15/h3-5H,1-2H3,(H,14,15). The van der Waals surface area contributed by atoms with Crippen molar-refractivity contribution in [1.82, 2.24) is 4.57 Å². The Balaban J connectivity index is 2.84. The first-order valence-corrected chi connectivity index (χ1v) is 4.99. The summed E-state index contributed by atoms with van der Waals surface area (Å²) in [5.74, 6) is -0.359. The molecule has 0 amide bonds. The molecule has 16 heavy (non-hydrogen) atoms. The van der Waals surface area contributed by atoms with Gasteiger partial charge in [-0.2, -0.15) is 0 Å². The highest BCUT2D eigenvalue weighted by Gasteiger charge is 2.19. The lowest BCUT2D eigenvalue weighted by Crippen LogP contribution is -1.96. The quantitative estimate of drug-likeness (QED) is 0.876. The molecule has 0 spiro atoms. The molecule has 0 unspecified atom stereocenters. The molecule has 84 valence electrons. The van der Waals surface area contributed by atoms with Gasteiger partial charge < -0.3 is 14.4 Å². The Labute approximate surface area is 97.0 Å². The molecular weight excluding hydrogens is 230 g/mol. The highest BCUT2D eigenvalue weighted by Crippen LogP contribution is 2.31. The van der Waals surface area contributed by atoms with Crippen molar-refractivity contribution in [1.29, 1.82) is 0 Å². The molecule has 0 fully saturated rings. The minimum atomic E-state index is -1.03. The van der Waals surface area contributed by atoms with Crippen LogP contribution in [-0.2, 0) is 7.05 Å². The number of carboxylic acids is 1. The van der Waals surface area contributed by atoms with E-state index in [1.54, 1.807) is 36.9 Å². The zero-order valence-electron chi connectivity index (χ0n) is 8.82. The predicted octanol–water partition coefficient (Wildman–Crippen LogP) is 2.54. The van der Waals surface area contributed by atoms with Crippen molar-refractivity contribution in [3.8, 4) is 5.75 Å². The Bertz CT molecular complexity index is 574. The van der Waals surface area contributed by atoms with E-state index in [4.69, 9.17) is 21.4 Å². The fraction of sp³-hybridized carbons (Fsp3) is 0.182. The second-order valence-corrected chi connectivity index (χ2v) is 3.77. The molecule has 0 bridgehead atoms. The van der Waals surface area contributed by atoms with Crippen LogP contribution in [0, 0.1) is 0 Å². The molecule has 1 aromatic heterocycles. The molecule has 0 radical (unpaired) electrons. The maximum absolute atomic E-state index is 11.1. The van der Waals surface area contributed by atoms with Crippen molar-refractivity contribution in [2.45, 2.75) is 0 Å². The van der Waals surface area contributed by atoms with Crippen molar-refractivity contribution in [3.63, 3.8) is 0 Å². The van der Waals surface area contributed by atoms with Gasteiger partial charge in [0, 0.05) is 18.5 Å². The monoisotopic (exact) mass is 239 g/mol. The van der Waals surface area contributed by atoms with E-state index >= 15 is 0 Å². The van der Waals surface area contributed by atoms with Crippen LogP contribution in [-0.4, -0.2) is 22.8 Å². The zero-order valence-corrected chi connectivity index (χ0v) is 9.58. The van der Waals surface area contributed by atoms with Crippen LogP contribution in [0.25, 0.3) is 10.9 Å². The van der Waals surface area contributed by atoms with E-state index < -0.39 is 5.97 Å². The number of hydrogen-bond acceptors (Lipinski definition) is 2. The van der Waals surface area contributed by atoms with Crippen molar-refractivity contribution in [2.24, 2.45) is 7.05 Å². The number of aryl methyl sites for hydroxylation is 1. The Kier molecular flexibility index (Phi) is 2.52. The molecule has 4 nitrogen and oxygen atoms in total. The molecule has 0 aliphatic rings. The Morgan fingerprint density at radius 2 is 2.19 bits per heavy atom. The van der Waals surface area contributed by atoms with Crippen molar-refractivity contribution in [2.75, 3.05) is 7.11 Å². The third kappa shape index (κ3) is 1.42. The third-order valence-electron chi connectivity index (χ3n) is 2.55. The fourth-order valence-electron chi connectivity index (χ4n) is 1.72. The summed E-state index contributed by atoms with van der Waals surface area (Å²) in [6.45, 7) is 0. The number of aromatic nitrogens is 1. The lowest BCUT2D eigenvalue weighted by Gasteiger charge is -2.01. The van der Waals surface area contributed by atoms with Crippen LogP contribution in [0.2, 0.25) is 5.15 Å². The largest absolute Gasteiger partial charge is 0.497 e. The summed E-state index contributed by atoms with van der Waals surface area (Å²) in [4.78, 5) is 11.1. The van der Waals surface area contributed by atoms with Gasteiger partial charge >= 0.3 is 5.97 Å². The minimum absolute atomic E-state index is 0.127. The predicted molar refractivity (Wildman–Crippen MR) is 61.4 cm³/mol. The van der Waals surface area contributed by atoms with Crippen LogP contribution in [0.1, 0.15) is 10.4 Å². The van der Waals surface area contributed by atoms with Gasteiger partial charge in [-0.25, -0.2) is 4.79 Å². The molecule has 0 saturated heterocycles. The van der Waals surface area contributed by atoms with Gasteiger partial charge in [-0.1, -0.05) is 11.6 Å². The molecule has 0 aliphatic carbocycles. The van der Waals surface area contributed by atoms with Gasteiger partial charge in [-0.15, -0.1) is 0 Å². The van der Waals surface area contributed by atoms with Gasteiger partial charge in [0.2, 0.25) is 0 Å². The summed E-state index contributed by atoms with van der Waals surface area (Å²) in [6.07, 6.45) is 0. The van der Waals surface area contributed by atoms with Crippen molar-refractivity contribution < 1.29 is 14.6 Å². The number of halogens is 1. The van der Waals surface area contributed by atoms with Gasteiger partial charge in [0.1, 0.15) is 16.5 Å². The molecule has 0 atom stereocenters. The Hall–Kier alpha value is -1.68. The lowest BCUT2D eigenvalue weighted by molar-refractivity contribution is 0.0699. The van der Waals surface area contributed by atoms with Gasteiger partial charge in [0.05, 0.1) is 12.6 Å². The third-order valence-corrected chi connectivity index (χ3v) is 2.99. The summed E-state index contributed by atoms with van der Waals surface area (Å²) in [6, 6.07) is 5.17. The number of carboxylic acid groups (broad SMARTS) is 1. The van der Waals surface area contributed by atoms with E-state index in [2.05, 4.69) is 0 Å². The normalized spacial score (nSPS) is 10.7. The van der Waals surface area contributed by atoms with Crippen molar-refractivity contribution >= 4 is 28.5 Å². The lowest BCUT2D eigenvalue weighted by atomic mass is 10.2. The molecule has 1 aromatic carbocycles. The van der Waals surface area contributed by atoms with Gasteiger partial charge in [0.15, 0.2) is 0 Å². The first kappa shape index (κ1) is 10.8. The number of hydrogen-bond donors (Lipinski definition) is 1. The van der Waals surface area contributed by atoms with Crippen LogP contribution in [0.4, 0.5) is 0 Å². The second kappa shape index (κ2) is 3.72. The summed E-state index contributed by atoms with van der Waals surface area (Å²) >= 11 is 5.97. The molecule has 2 rings (SSSR count). The molecule has 0 saturated carbocycles. The van der Waals surface area contributed by atoms with E-state index in [0.717, 1.165) is 5.52 Å². The topological polar surface area (TPSA) is 51.5 Å². The summed E-state index contributed by atoms with van der Waals surface area (Å²) in [5, 5.41) is 9.90. The number of benzene rings is 1. The van der Waals surface area contributed by atoms with Crippen LogP contribution in [0.3, 0.4) is 0 Å². The summed E-state index contributed by atoms with van der Waals surface area (Å²) in [7, 11) is 3.28. The maximum Gasteiger partial charge on any atom is 0.339 e. The van der Waals surface area contributed by atoms with E-state index in [0.29, 0.717) is 11.1 Å². The number of methoxy groups -OCH3 is 1. The summed E-state index contributed by atoms with van der Waals surface area (Å²) in [5.41, 5.74) is 0.864. The molecular formula is C11H10ClNO3. The second-order valence-electron chi connectivity index (χ2n) is 3.41.